The Kier molecular flexibility index (Phi) is 5.71. The van der Waals surface area contributed by atoms with Crippen molar-refractivity contribution in [2.75, 3.05) is 6.61 Å². The lowest BCUT2D eigenvalue weighted by Crippen LogP contribution is -2.24. The van der Waals surface area contributed by atoms with Crippen LogP contribution in [0.25, 0.3) is 0 Å². The van der Waals surface area contributed by atoms with Gasteiger partial charge in [-0.15, -0.1) is 0 Å². The molecule has 1 aromatic rings. The van der Waals surface area contributed by atoms with Crippen LogP contribution < -0.4 is 0 Å². The van der Waals surface area contributed by atoms with Gasteiger partial charge in [-0.2, -0.15) is 0 Å². The Bertz CT molecular complexity index is 743. The quantitative estimate of drug-likeness (QED) is 0.625. The third-order valence-electron chi connectivity index (χ3n) is 5.60. The summed E-state index contributed by atoms with van der Waals surface area (Å²) in [5, 5.41) is 14.5. The highest BCUT2D eigenvalue weighted by Gasteiger charge is 2.32. The Labute approximate surface area is 150 Å². The maximum atomic E-state index is 12.7. The van der Waals surface area contributed by atoms with E-state index in [-0.39, 0.29) is 17.5 Å². The van der Waals surface area contributed by atoms with E-state index in [1.54, 1.807) is 6.92 Å². The van der Waals surface area contributed by atoms with Gasteiger partial charge in [0.25, 0.3) is 0 Å². The number of Topliss-reactive ketones (excluding diaryl/α,β-unsaturated/α-hetero) is 1. The van der Waals surface area contributed by atoms with Gasteiger partial charge >= 0.3 is 0 Å². The standard InChI is InChI=1S/C21H29NO3/c1-8-25-22-16(7)21-18(23)9-17(10-19(21)24)20-14(5)12(3)11(2)13(4)15(20)6/h17,23H,8-10H2,1-7H3/b22-16-. The van der Waals surface area contributed by atoms with Gasteiger partial charge in [-0.25, -0.2) is 0 Å². The molecule has 136 valence electrons. The van der Waals surface area contributed by atoms with Crippen LogP contribution in [0.5, 0.6) is 0 Å². The van der Waals surface area contributed by atoms with Crippen molar-refractivity contribution >= 4 is 11.5 Å². The highest BCUT2D eigenvalue weighted by molar-refractivity contribution is 6.22. The Hall–Kier alpha value is -2.10. The van der Waals surface area contributed by atoms with Crippen molar-refractivity contribution in [1.82, 2.24) is 0 Å². The zero-order valence-electron chi connectivity index (χ0n) is 16.4. The van der Waals surface area contributed by atoms with Crippen LogP contribution in [-0.4, -0.2) is 23.2 Å². The fourth-order valence-corrected chi connectivity index (χ4v) is 3.86. The molecular formula is C21H29NO3. The van der Waals surface area contributed by atoms with Crippen molar-refractivity contribution in [2.45, 2.75) is 67.2 Å². The summed E-state index contributed by atoms with van der Waals surface area (Å²) in [5.74, 6) is 0.0652. The molecule has 0 saturated carbocycles. The van der Waals surface area contributed by atoms with E-state index < -0.39 is 0 Å². The van der Waals surface area contributed by atoms with E-state index >= 15 is 0 Å². The van der Waals surface area contributed by atoms with Crippen LogP contribution in [-0.2, 0) is 9.63 Å². The number of oxime groups is 1. The highest BCUT2D eigenvalue weighted by Crippen LogP contribution is 2.39. The fraction of sp³-hybridized carbons (Fsp3) is 0.524. The third kappa shape index (κ3) is 3.48. The van der Waals surface area contributed by atoms with E-state index in [2.05, 4.69) is 39.8 Å². The molecule has 0 radical (unpaired) electrons. The lowest BCUT2D eigenvalue weighted by Gasteiger charge is -2.28. The average Bonchev–Trinajstić information content (AvgIpc) is 2.56. The first-order valence-corrected chi connectivity index (χ1v) is 8.89. The van der Waals surface area contributed by atoms with Crippen molar-refractivity contribution in [3.8, 4) is 0 Å². The first-order valence-electron chi connectivity index (χ1n) is 8.89. The maximum absolute atomic E-state index is 12.7. The van der Waals surface area contributed by atoms with Gasteiger partial charge in [0.15, 0.2) is 5.78 Å². The van der Waals surface area contributed by atoms with E-state index in [1.807, 2.05) is 6.92 Å². The molecule has 4 heteroatoms. The topological polar surface area (TPSA) is 58.9 Å². The Morgan fingerprint density at radius 2 is 1.56 bits per heavy atom. The van der Waals surface area contributed by atoms with Gasteiger partial charge < -0.3 is 9.94 Å². The summed E-state index contributed by atoms with van der Waals surface area (Å²) in [5.41, 5.74) is 8.29. The van der Waals surface area contributed by atoms with E-state index in [4.69, 9.17) is 4.84 Å². The van der Waals surface area contributed by atoms with Gasteiger partial charge in [0.05, 0.1) is 11.3 Å². The minimum absolute atomic E-state index is 0.00847. The van der Waals surface area contributed by atoms with Crippen molar-refractivity contribution in [2.24, 2.45) is 5.16 Å². The van der Waals surface area contributed by atoms with Crippen molar-refractivity contribution in [1.29, 1.82) is 0 Å². The lowest BCUT2D eigenvalue weighted by molar-refractivity contribution is -0.116. The molecule has 0 aliphatic heterocycles. The van der Waals surface area contributed by atoms with Crippen LogP contribution in [0, 0.1) is 34.6 Å². The molecule has 1 aliphatic rings. The lowest BCUT2D eigenvalue weighted by atomic mass is 9.76. The van der Waals surface area contributed by atoms with Crippen LogP contribution in [0.1, 0.15) is 66.0 Å². The summed E-state index contributed by atoms with van der Waals surface area (Å²) >= 11 is 0. The minimum atomic E-state index is -0.0654. The van der Waals surface area contributed by atoms with Crippen LogP contribution >= 0.6 is 0 Å². The van der Waals surface area contributed by atoms with E-state index in [9.17, 15) is 9.90 Å². The number of aliphatic hydroxyl groups is 1. The molecule has 25 heavy (non-hydrogen) atoms. The minimum Gasteiger partial charge on any atom is -0.511 e. The Balaban J connectivity index is 2.47. The second-order valence-corrected chi connectivity index (χ2v) is 6.98. The fourth-order valence-electron chi connectivity index (χ4n) is 3.86. The summed E-state index contributed by atoms with van der Waals surface area (Å²) in [7, 11) is 0. The monoisotopic (exact) mass is 343 g/mol. The normalized spacial score (nSPS) is 18.8. The first kappa shape index (κ1) is 19.2. The van der Waals surface area contributed by atoms with Gasteiger partial charge in [0, 0.05) is 12.8 Å². The van der Waals surface area contributed by atoms with Gasteiger partial charge in [-0.3, -0.25) is 4.79 Å². The molecule has 1 N–H and O–H groups in total. The number of nitrogens with zero attached hydrogens (tertiary/aromatic N) is 1. The summed E-state index contributed by atoms with van der Waals surface area (Å²) in [6, 6.07) is 0. The van der Waals surface area contributed by atoms with Crippen molar-refractivity contribution < 1.29 is 14.7 Å². The van der Waals surface area contributed by atoms with Crippen molar-refractivity contribution in [3.05, 3.63) is 44.7 Å². The number of aliphatic hydroxyl groups excluding tert-OH is 1. The van der Waals surface area contributed by atoms with Crippen LogP contribution in [0.15, 0.2) is 16.5 Å². The number of hydrogen-bond acceptors (Lipinski definition) is 4. The van der Waals surface area contributed by atoms with E-state index in [1.165, 1.54) is 33.4 Å². The van der Waals surface area contributed by atoms with Crippen molar-refractivity contribution in [3.63, 3.8) is 0 Å². The molecule has 0 amide bonds. The largest absolute Gasteiger partial charge is 0.511 e. The molecule has 0 bridgehead atoms. The number of ketones is 1. The number of benzene rings is 1. The number of allylic oxidation sites excluding steroid dienone is 2. The predicted octanol–water partition coefficient (Wildman–Crippen LogP) is 4.90. The third-order valence-corrected chi connectivity index (χ3v) is 5.60. The molecule has 0 saturated heterocycles. The second kappa shape index (κ2) is 7.42. The SMILES string of the molecule is CCO/N=C(/C)C1=C(O)CC(c2c(C)c(C)c(C)c(C)c2C)CC1=O. The summed E-state index contributed by atoms with van der Waals surface area (Å²) < 4.78 is 0. The Morgan fingerprint density at radius 3 is 2.04 bits per heavy atom. The Morgan fingerprint density at radius 1 is 1.04 bits per heavy atom. The molecule has 0 heterocycles. The summed E-state index contributed by atoms with van der Waals surface area (Å²) in [6.07, 6.45) is 0.853. The zero-order chi connectivity index (χ0) is 18.9. The smallest absolute Gasteiger partial charge is 0.168 e. The second-order valence-electron chi connectivity index (χ2n) is 6.98. The molecule has 0 aromatic heterocycles. The van der Waals surface area contributed by atoms with Gasteiger partial charge in [-0.05, 0) is 87.8 Å². The van der Waals surface area contributed by atoms with E-state index in [0.717, 1.165) is 0 Å². The van der Waals surface area contributed by atoms with E-state index in [0.29, 0.717) is 30.7 Å². The molecule has 1 aromatic carbocycles. The predicted molar refractivity (Wildman–Crippen MR) is 101 cm³/mol. The number of hydrogen-bond donors (Lipinski definition) is 1. The van der Waals surface area contributed by atoms with Crippen LogP contribution in [0.2, 0.25) is 0 Å². The van der Waals surface area contributed by atoms with Crippen LogP contribution in [0.4, 0.5) is 0 Å². The van der Waals surface area contributed by atoms with Crippen LogP contribution in [0.3, 0.4) is 0 Å². The van der Waals surface area contributed by atoms with Gasteiger partial charge in [0.2, 0.25) is 0 Å². The number of carbonyl (C=O) groups excluding carboxylic acids is 1. The molecular weight excluding hydrogens is 314 g/mol. The molecule has 1 atom stereocenters. The zero-order valence-corrected chi connectivity index (χ0v) is 16.4. The van der Waals surface area contributed by atoms with Gasteiger partial charge in [0.1, 0.15) is 12.4 Å². The molecule has 0 fully saturated rings. The first-order chi connectivity index (χ1) is 11.7. The van der Waals surface area contributed by atoms with Gasteiger partial charge in [-0.1, -0.05) is 5.16 Å². The summed E-state index contributed by atoms with van der Waals surface area (Å²) in [6.45, 7) is 14.6. The highest BCUT2D eigenvalue weighted by atomic mass is 16.6. The number of carbonyl (C=O) groups is 1. The molecule has 0 spiro atoms. The maximum Gasteiger partial charge on any atom is 0.168 e. The molecule has 1 unspecified atom stereocenters. The summed E-state index contributed by atoms with van der Waals surface area (Å²) in [4.78, 5) is 17.7. The average molecular weight is 343 g/mol. The molecule has 4 nitrogen and oxygen atoms in total. The molecule has 2 rings (SSSR count). The molecule has 1 aliphatic carbocycles. The number of rotatable bonds is 4.